The van der Waals surface area contributed by atoms with Crippen molar-refractivity contribution in [2.75, 3.05) is 31.4 Å². The van der Waals surface area contributed by atoms with Crippen molar-refractivity contribution < 1.29 is 22.7 Å². The van der Waals surface area contributed by atoms with Crippen molar-refractivity contribution in [3.05, 3.63) is 29.8 Å². The number of likely N-dealkylation sites (N-methyl/N-ethyl adjacent to an activating group) is 1. The van der Waals surface area contributed by atoms with Gasteiger partial charge in [-0.15, -0.1) is 11.8 Å². The molecule has 0 radical (unpaired) electrons. The molecule has 1 aliphatic rings. The topological polar surface area (TPSA) is 80.8 Å². The third-order valence-corrected chi connectivity index (χ3v) is 6.30. The molecule has 1 fully saturated rings. The molecule has 1 aliphatic heterocycles. The van der Waals surface area contributed by atoms with Crippen LogP contribution in [-0.4, -0.2) is 62.7 Å². The van der Waals surface area contributed by atoms with Crippen molar-refractivity contribution in [2.45, 2.75) is 17.4 Å². The molecule has 0 aliphatic carbocycles. The van der Waals surface area contributed by atoms with Gasteiger partial charge in [0, 0.05) is 18.0 Å². The van der Waals surface area contributed by atoms with Gasteiger partial charge in [0.2, 0.25) is 0 Å². The smallest absolute Gasteiger partial charge is 0.338 e. The van der Waals surface area contributed by atoms with Crippen LogP contribution in [0.2, 0.25) is 0 Å². The van der Waals surface area contributed by atoms with Gasteiger partial charge in [-0.2, -0.15) is 0 Å². The van der Waals surface area contributed by atoms with Crippen LogP contribution in [0.5, 0.6) is 0 Å². The zero-order valence-electron chi connectivity index (χ0n) is 13.0. The fourth-order valence-corrected chi connectivity index (χ4v) is 4.51. The third kappa shape index (κ3) is 4.71. The molecule has 0 unspecified atom stereocenters. The van der Waals surface area contributed by atoms with E-state index in [1.54, 1.807) is 36.0 Å². The van der Waals surface area contributed by atoms with Crippen molar-refractivity contribution in [1.29, 1.82) is 0 Å². The Morgan fingerprint density at radius 2 is 1.96 bits per heavy atom. The Morgan fingerprint density at radius 3 is 2.48 bits per heavy atom. The average Bonchev–Trinajstić information content (AvgIpc) is 2.91. The summed E-state index contributed by atoms with van der Waals surface area (Å²) in [5.41, 5.74) is 0.377. The molecule has 126 valence electrons. The Hall–Kier alpha value is -1.54. The number of amides is 1. The number of hydrogen-bond acceptors (Lipinski definition) is 6. The minimum atomic E-state index is -3.06. The number of esters is 1. The Balaban J connectivity index is 1.86. The van der Waals surface area contributed by atoms with E-state index < -0.39 is 28.3 Å². The molecule has 1 saturated heterocycles. The number of benzene rings is 1. The summed E-state index contributed by atoms with van der Waals surface area (Å²) in [6.07, 6.45) is 2.36. The predicted molar refractivity (Wildman–Crippen MR) is 88.3 cm³/mol. The van der Waals surface area contributed by atoms with Crippen LogP contribution in [0.25, 0.3) is 0 Å². The molecule has 2 rings (SSSR count). The highest BCUT2D eigenvalue weighted by molar-refractivity contribution is 7.98. The van der Waals surface area contributed by atoms with E-state index in [4.69, 9.17) is 4.74 Å². The minimum Gasteiger partial charge on any atom is -0.452 e. The summed E-state index contributed by atoms with van der Waals surface area (Å²) in [5, 5.41) is 0. The van der Waals surface area contributed by atoms with Gasteiger partial charge in [0.25, 0.3) is 5.91 Å². The van der Waals surface area contributed by atoms with E-state index in [2.05, 4.69) is 0 Å². The van der Waals surface area contributed by atoms with Crippen LogP contribution in [0.15, 0.2) is 29.2 Å². The third-order valence-electron chi connectivity index (χ3n) is 3.80. The fourth-order valence-electron chi connectivity index (χ4n) is 2.32. The first-order valence-electron chi connectivity index (χ1n) is 7.09. The molecule has 0 spiro atoms. The first-order valence-corrected chi connectivity index (χ1v) is 10.1. The maximum atomic E-state index is 12.0. The number of ether oxygens (including phenoxy) is 1. The van der Waals surface area contributed by atoms with Crippen molar-refractivity contribution >= 4 is 33.5 Å². The van der Waals surface area contributed by atoms with E-state index in [1.807, 2.05) is 6.26 Å². The first kappa shape index (κ1) is 17.8. The lowest BCUT2D eigenvalue weighted by molar-refractivity contribution is -0.134. The Bertz CT molecular complexity index is 684. The second kappa shape index (κ2) is 7.35. The van der Waals surface area contributed by atoms with Crippen LogP contribution in [0, 0.1) is 0 Å². The van der Waals surface area contributed by atoms with Gasteiger partial charge in [-0.25, -0.2) is 13.2 Å². The number of carbonyl (C=O) groups is 2. The van der Waals surface area contributed by atoms with Gasteiger partial charge in [0.05, 0.1) is 17.1 Å². The van der Waals surface area contributed by atoms with Gasteiger partial charge >= 0.3 is 5.97 Å². The number of hydrogen-bond donors (Lipinski definition) is 0. The normalized spacial score (nSPS) is 19.3. The molecule has 23 heavy (non-hydrogen) atoms. The van der Waals surface area contributed by atoms with E-state index in [9.17, 15) is 18.0 Å². The summed E-state index contributed by atoms with van der Waals surface area (Å²) in [4.78, 5) is 26.3. The summed E-state index contributed by atoms with van der Waals surface area (Å²) in [7, 11) is -1.52. The second-order valence-electron chi connectivity index (χ2n) is 5.37. The molecule has 1 amide bonds. The van der Waals surface area contributed by atoms with Gasteiger partial charge in [0.15, 0.2) is 16.4 Å². The summed E-state index contributed by atoms with van der Waals surface area (Å²) < 4.78 is 27.9. The molecule has 0 bridgehead atoms. The lowest BCUT2D eigenvalue weighted by Gasteiger charge is -2.23. The summed E-state index contributed by atoms with van der Waals surface area (Å²) >= 11 is 1.56. The average molecular weight is 357 g/mol. The van der Waals surface area contributed by atoms with Gasteiger partial charge in [-0.1, -0.05) is 0 Å². The zero-order valence-corrected chi connectivity index (χ0v) is 14.7. The molecule has 0 saturated carbocycles. The van der Waals surface area contributed by atoms with Gasteiger partial charge < -0.3 is 9.64 Å². The maximum absolute atomic E-state index is 12.0. The van der Waals surface area contributed by atoms with E-state index in [-0.39, 0.29) is 17.5 Å². The summed E-state index contributed by atoms with van der Waals surface area (Å²) in [5.74, 6) is -0.907. The standard InChI is InChI=1S/C15H19NO5S2/c1-16(12-7-8-23(19,20)10-12)14(17)9-21-15(18)11-3-5-13(22-2)6-4-11/h3-6,12H,7-10H2,1-2H3/t12-/m1/s1. The van der Waals surface area contributed by atoms with Gasteiger partial charge in [0.1, 0.15) is 0 Å². The largest absolute Gasteiger partial charge is 0.452 e. The van der Waals surface area contributed by atoms with Crippen LogP contribution in [-0.2, 0) is 19.4 Å². The van der Waals surface area contributed by atoms with Crippen molar-refractivity contribution in [3.8, 4) is 0 Å². The second-order valence-corrected chi connectivity index (χ2v) is 8.47. The Morgan fingerprint density at radius 1 is 1.30 bits per heavy atom. The highest BCUT2D eigenvalue weighted by atomic mass is 32.2. The molecule has 8 heteroatoms. The maximum Gasteiger partial charge on any atom is 0.338 e. The van der Waals surface area contributed by atoms with Crippen molar-refractivity contribution in [1.82, 2.24) is 4.90 Å². The molecule has 1 aromatic carbocycles. The van der Waals surface area contributed by atoms with Crippen LogP contribution in [0.1, 0.15) is 16.8 Å². The molecule has 6 nitrogen and oxygen atoms in total. The SMILES string of the molecule is CSc1ccc(C(=O)OCC(=O)N(C)[C@@H]2CCS(=O)(=O)C2)cc1. The van der Waals surface area contributed by atoms with Crippen LogP contribution < -0.4 is 0 Å². The predicted octanol–water partition coefficient (Wildman–Crippen LogP) is 1.21. The molecule has 1 atom stereocenters. The first-order chi connectivity index (χ1) is 10.8. The van der Waals surface area contributed by atoms with Gasteiger partial charge in [-0.3, -0.25) is 4.79 Å². The number of carbonyl (C=O) groups excluding carboxylic acids is 2. The number of thioether (sulfide) groups is 1. The Labute approximate surface area is 140 Å². The van der Waals surface area contributed by atoms with E-state index in [1.165, 1.54) is 11.9 Å². The monoisotopic (exact) mass is 357 g/mol. The minimum absolute atomic E-state index is 0.0284. The van der Waals surface area contributed by atoms with Crippen LogP contribution in [0.4, 0.5) is 0 Å². The Kier molecular flexibility index (Phi) is 5.69. The summed E-state index contributed by atoms with van der Waals surface area (Å²) in [6.45, 7) is -0.393. The van der Waals surface area contributed by atoms with Gasteiger partial charge in [-0.05, 0) is 36.9 Å². The molecule has 0 aromatic heterocycles. The molecular weight excluding hydrogens is 338 g/mol. The molecule has 0 N–H and O–H groups in total. The lowest BCUT2D eigenvalue weighted by Crippen LogP contribution is -2.40. The number of nitrogens with zero attached hydrogens (tertiary/aromatic N) is 1. The number of sulfone groups is 1. The van der Waals surface area contributed by atoms with E-state index >= 15 is 0 Å². The van der Waals surface area contributed by atoms with E-state index in [0.717, 1.165) is 4.90 Å². The van der Waals surface area contributed by atoms with Crippen LogP contribution in [0.3, 0.4) is 0 Å². The van der Waals surface area contributed by atoms with Crippen LogP contribution >= 0.6 is 11.8 Å². The zero-order chi connectivity index (χ0) is 17.0. The lowest BCUT2D eigenvalue weighted by atomic mass is 10.2. The molecule has 1 aromatic rings. The van der Waals surface area contributed by atoms with Crippen molar-refractivity contribution in [3.63, 3.8) is 0 Å². The van der Waals surface area contributed by atoms with Crippen molar-refractivity contribution in [2.24, 2.45) is 0 Å². The highest BCUT2D eigenvalue weighted by Crippen LogP contribution is 2.17. The number of rotatable bonds is 5. The highest BCUT2D eigenvalue weighted by Gasteiger charge is 2.32. The quantitative estimate of drug-likeness (QED) is 0.582. The van der Waals surface area contributed by atoms with E-state index in [0.29, 0.717) is 12.0 Å². The molecule has 1 heterocycles. The fraction of sp³-hybridized carbons (Fsp3) is 0.467. The molecular formula is C15H19NO5S2. The summed E-state index contributed by atoms with van der Waals surface area (Å²) in [6, 6.07) is 6.56.